The van der Waals surface area contributed by atoms with E-state index >= 15 is 0 Å². The van der Waals surface area contributed by atoms with Crippen molar-refractivity contribution in [2.75, 3.05) is 7.05 Å². The van der Waals surface area contributed by atoms with Gasteiger partial charge in [-0.3, -0.25) is 0 Å². The van der Waals surface area contributed by atoms with E-state index in [4.69, 9.17) is 23.2 Å². The van der Waals surface area contributed by atoms with Crippen LogP contribution in [-0.2, 0) is 6.42 Å². The highest BCUT2D eigenvalue weighted by Gasteiger charge is 2.13. The molecule has 0 aliphatic heterocycles. The number of rotatable bonds is 4. The van der Waals surface area contributed by atoms with Crippen LogP contribution in [0.5, 0.6) is 0 Å². The van der Waals surface area contributed by atoms with E-state index in [0.717, 1.165) is 21.7 Å². The maximum Gasteiger partial charge on any atom is 0.124 e. The molecule has 0 saturated heterocycles. The van der Waals surface area contributed by atoms with Gasteiger partial charge in [0.05, 0.1) is 0 Å². The number of benzene rings is 2. The highest BCUT2D eigenvalue weighted by Crippen LogP contribution is 2.26. The van der Waals surface area contributed by atoms with Gasteiger partial charge >= 0.3 is 0 Å². The minimum atomic E-state index is -0.318. The lowest BCUT2D eigenvalue weighted by Crippen LogP contribution is -2.19. The van der Waals surface area contributed by atoms with Crippen molar-refractivity contribution in [3.63, 3.8) is 0 Å². The van der Waals surface area contributed by atoms with E-state index in [9.17, 15) is 4.39 Å². The number of halogens is 3. The summed E-state index contributed by atoms with van der Waals surface area (Å²) in [4.78, 5) is 0. The molecule has 0 aromatic heterocycles. The van der Waals surface area contributed by atoms with Crippen LogP contribution in [0.25, 0.3) is 0 Å². The quantitative estimate of drug-likeness (QED) is 0.843. The molecule has 20 heavy (non-hydrogen) atoms. The lowest BCUT2D eigenvalue weighted by atomic mass is 9.97. The molecule has 0 heterocycles. The zero-order chi connectivity index (χ0) is 14.7. The van der Waals surface area contributed by atoms with E-state index in [1.165, 1.54) is 12.1 Å². The van der Waals surface area contributed by atoms with Gasteiger partial charge in [0.25, 0.3) is 0 Å². The van der Waals surface area contributed by atoms with Crippen molar-refractivity contribution in [2.45, 2.75) is 19.4 Å². The molecule has 0 radical (unpaired) electrons. The third-order valence-electron chi connectivity index (χ3n) is 3.37. The van der Waals surface area contributed by atoms with E-state index in [-0.39, 0.29) is 11.9 Å². The maximum atomic E-state index is 13.1. The minimum Gasteiger partial charge on any atom is -0.313 e. The summed E-state index contributed by atoms with van der Waals surface area (Å²) >= 11 is 12.1. The highest BCUT2D eigenvalue weighted by atomic mass is 35.5. The molecule has 2 aromatic carbocycles. The second-order valence-corrected chi connectivity index (χ2v) is 5.60. The van der Waals surface area contributed by atoms with E-state index in [1.54, 1.807) is 6.07 Å². The average molecular weight is 312 g/mol. The van der Waals surface area contributed by atoms with Crippen molar-refractivity contribution in [3.05, 3.63) is 69.0 Å². The third kappa shape index (κ3) is 3.51. The van der Waals surface area contributed by atoms with Crippen molar-refractivity contribution >= 4 is 23.2 Å². The van der Waals surface area contributed by atoms with Gasteiger partial charge in [-0.1, -0.05) is 41.4 Å². The Bertz CT molecular complexity index is 613. The van der Waals surface area contributed by atoms with Crippen LogP contribution >= 0.6 is 23.2 Å². The van der Waals surface area contributed by atoms with Crippen molar-refractivity contribution in [1.29, 1.82) is 0 Å². The Kier molecular flexibility index (Phi) is 5.03. The first-order valence-corrected chi connectivity index (χ1v) is 7.14. The Morgan fingerprint density at radius 3 is 2.45 bits per heavy atom. The van der Waals surface area contributed by atoms with E-state index < -0.39 is 0 Å². The minimum absolute atomic E-state index is 0.105. The van der Waals surface area contributed by atoms with Crippen molar-refractivity contribution < 1.29 is 4.39 Å². The first-order valence-electron chi connectivity index (χ1n) is 6.38. The number of aryl methyl sites for hydroxylation is 1. The number of hydrogen-bond acceptors (Lipinski definition) is 1. The summed E-state index contributed by atoms with van der Waals surface area (Å²) in [5.41, 5.74) is 3.09. The molecule has 0 fully saturated rings. The highest BCUT2D eigenvalue weighted by molar-refractivity contribution is 6.31. The number of likely N-dealkylation sites (N-methyl/N-ethyl adjacent to an activating group) is 1. The first-order chi connectivity index (χ1) is 9.51. The van der Waals surface area contributed by atoms with Gasteiger partial charge < -0.3 is 5.32 Å². The fraction of sp³-hybridized carbons (Fsp3) is 0.250. The summed E-state index contributed by atoms with van der Waals surface area (Å²) in [5.74, 6) is -0.318. The van der Waals surface area contributed by atoms with Crippen molar-refractivity contribution in [3.8, 4) is 0 Å². The van der Waals surface area contributed by atoms with E-state index in [1.807, 2.05) is 26.1 Å². The molecule has 1 unspecified atom stereocenters. The standard InChI is InChI=1S/C16H16Cl2FN/c1-10-7-12(4-6-14(10)17)16(20-2)8-11-3-5-13(19)9-15(11)18/h3-7,9,16,20H,8H2,1-2H3. The summed E-state index contributed by atoms with van der Waals surface area (Å²) in [6.07, 6.45) is 0.691. The lowest BCUT2D eigenvalue weighted by Gasteiger charge is -2.18. The molecule has 0 aliphatic rings. The third-order valence-corrected chi connectivity index (χ3v) is 4.15. The molecule has 2 aromatic rings. The second-order valence-electron chi connectivity index (χ2n) is 4.79. The molecule has 1 nitrogen and oxygen atoms in total. The molecule has 0 saturated carbocycles. The van der Waals surface area contributed by atoms with E-state index in [2.05, 4.69) is 11.4 Å². The van der Waals surface area contributed by atoms with Crippen molar-refractivity contribution in [2.24, 2.45) is 0 Å². The summed E-state index contributed by atoms with van der Waals surface area (Å²) in [6.45, 7) is 1.98. The van der Waals surface area contributed by atoms with Gasteiger partial charge in [0.15, 0.2) is 0 Å². The summed E-state index contributed by atoms with van der Waals surface area (Å²) < 4.78 is 13.1. The Morgan fingerprint density at radius 2 is 1.85 bits per heavy atom. The van der Waals surface area contributed by atoms with Crippen LogP contribution in [0.15, 0.2) is 36.4 Å². The van der Waals surface area contributed by atoms with Gasteiger partial charge in [0.1, 0.15) is 5.82 Å². The molecular formula is C16H16Cl2FN. The smallest absolute Gasteiger partial charge is 0.124 e. The summed E-state index contributed by atoms with van der Waals surface area (Å²) in [6, 6.07) is 10.6. The van der Waals surface area contributed by atoms with Gasteiger partial charge in [-0.15, -0.1) is 0 Å². The number of hydrogen-bond donors (Lipinski definition) is 1. The van der Waals surface area contributed by atoms with Crippen LogP contribution in [-0.4, -0.2) is 7.05 Å². The van der Waals surface area contributed by atoms with Crippen molar-refractivity contribution in [1.82, 2.24) is 5.32 Å². The molecule has 2 rings (SSSR count). The average Bonchev–Trinajstić information content (AvgIpc) is 2.41. The predicted octanol–water partition coefficient (Wildman–Crippen LogP) is 4.94. The van der Waals surface area contributed by atoms with Gasteiger partial charge in [-0.2, -0.15) is 0 Å². The van der Waals surface area contributed by atoms with Crippen LogP contribution in [0.4, 0.5) is 4.39 Å². The van der Waals surface area contributed by atoms with Gasteiger partial charge in [0, 0.05) is 16.1 Å². The van der Waals surface area contributed by atoms with Crippen LogP contribution in [0.3, 0.4) is 0 Å². The molecular weight excluding hydrogens is 296 g/mol. The summed E-state index contributed by atoms with van der Waals surface area (Å²) in [7, 11) is 1.89. The molecule has 0 spiro atoms. The maximum absolute atomic E-state index is 13.1. The van der Waals surface area contributed by atoms with Gasteiger partial charge in [-0.25, -0.2) is 4.39 Å². The normalized spacial score (nSPS) is 12.4. The van der Waals surface area contributed by atoms with Gasteiger partial charge in [-0.05, 0) is 55.3 Å². The van der Waals surface area contributed by atoms with Gasteiger partial charge in [0.2, 0.25) is 0 Å². The van der Waals surface area contributed by atoms with Crippen LogP contribution in [0.2, 0.25) is 10.0 Å². The molecule has 4 heteroatoms. The molecule has 106 valence electrons. The zero-order valence-corrected chi connectivity index (χ0v) is 12.9. The Balaban J connectivity index is 2.26. The SMILES string of the molecule is CNC(Cc1ccc(F)cc1Cl)c1ccc(Cl)c(C)c1. The zero-order valence-electron chi connectivity index (χ0n) is 11.4. The Hall–Kier alpha value is -1.09. The first kappa shape index (κ1) is 15.3. The molecule has 0 aliphatic carbocycles. The predicted molar refractivity (Wildman–Crippen MR) is 83.1 cm³/mol. The lowest BCUT2D eigenvalue weighted by molar-refractivity contribution is 0.588. The fourth-order valence-corrected chi connectivity index (χ4v) is 2.54. The number of nitrogens with one attached hydrogen (secondary N) is 1. The van der Waals surface area contributed by atoms with Crippen LogP contribution in [0.1, 0.15) is 22.7 Å². The Labute approximate surface area is 128 Å². The largest absolute Gasteiger partial charge is 0.313 e. The molecule has 0 bridgehead atoms. The second kappa shape index (κ2) is 6.57. The van der Waals surface area contributed by atoms with E-state index in [0.29, 0.717) is 11.4 Å². The topological polar surface area (TPSA) is 12.0 Å². The van der Waals surface area contributed by atoms with Crippen LogP contribution in [0, 0.1) is 12.7 Å². The van der Waals surface area contributed by atoms with Crippen LogP contribution < -0.4 is 5.32 Å². The summed E-state index contributed by atoms with van der Waals surface area (Å²) in [5, 5.41) is 4.47. The Morgan fingerprint density at radius 1 is 1.10 bits per heavy atom. The molecule has 1 atom stereocenters. The molecule has 1 N–H and O–H groups in total. The monoisotopic (exact) mass is 311 g/mol. The molecule has 0 amide bonds. The fourth-order valence-electron chi connectivity index (χ4n) is 2.18.